The third kappa shape index (κ3) is 4.55. The van der Waals surface area contributed by atoms with Gasteiger partial charge in [-0.05, 0) is 44.6 Å². The highest BCUT2D eigenvalue weighted by Gasteiger charge is 2.38. The van der Waals surface area contributed by atoms with Gasteiger partial charge in [0, 0.05) is 23.9 Å². The molecule has 0 N–H and O–H groups in total. The van der Waals surface area contributed by atoms with E-state index in [2.05, 4.69) is 32.6 Å². The summed E-state index contributed by atoms with van der Waals surface area (Å²) in [4.78, 5) is 15.4. The first kappa shape index (κ1) is 17.0. The zero-order valence-corrected chi connectivity index (χ0v) is 14.7. The maximum Gasteiger partial charge on any atom is 0.142 e. The largest absolute Gasteiger partial charge is 0.300 e. The van der Waals surface area contributed by atoms with Crippen LogP contribution < -0.4 is 0 Å². The van der Waals surface area contributed by atoms with Crippen LogP contribution >= 0.6 is 0 Å². The first-order valence-corrected chi connectivity index (χ1v) is 9.18. The molecule has 122 valence electrons. The molecule has 2 heteroatoms. The average Bonchev–Trinajstić information content (AvgIpc) is 2.93. The lowest BCUT2D eigenvalue weighted by Gasteiger charge is -2.38. The van der Waals surface area contributed by atoms with Crippen LogP contribution in [0.25, 0.3) is 0 Å². The topological polar surface area (TPSA) is 20.3 Å². The Morgan fingerprint density at radius 2 is 1.81 bits per heavy atom. The molecule has 0 bridgehead atoms. The Kier molecular flexibility index (Phi) is 5.88. The fourth-order valence-corrected chi connectivity index (χ4v) is 4.17. The van der Waals surface area contributed by atoms with Crippen LogP contribution in [0.3, 0.4) is 0 Å². The molecule has 21 heavy (non-hydrogen) atoms. The van der Waals surface area contributed by atoms with E-state index in [9.17, 15) is 4.79 Å². The minimum atomic E-state index is -0.0810. The molecule has 0 aromatic carbocycles. The smallest absolute Gasteiger partial charge is 0.142 e. The molecule has 2 aliphatic carbocycles. The molecule has 0 aliphatic heterocycles. The highest BCUT2D eigenvalue weighted by molar-refractivity contribution is 5.87. The lowest BCUT2D eigenvalue weighted by molar-refractivity contribution is -0.135. The number of nitrogens with zero attached hydrogens (tertiary/aromatic N) is 1. The van der Waals surface area contributed by atoms with Gasteiger partial charge in [-0.1, -0.05) is 47.0 Å². The predicted molar refractivity (Wildman–Crippen MR) is 89.4 cm³/mol. The fraction of sp³-hybridized carbons (Fsp3) is 0.947. The molecule has 0 spiro atoms. The summed E-state index contributed by atoms with van der Waals surface area (Å²) in [5, 5.41) is 0. The van der Waals surface area contributed by atoms with Crippen molar-refractivity contribution in [2.75, 3.05) is 13.1 Å². The molecule has 0 heterocycles. The Morgan fingerprint density at radius 1 is 1.14 bits per heavy atom. The van der Waals surface area contributed by atoms with Crippen molar-refractivity contribution in [3.05, 3.63) is 0 Å². The molecule has 2 fully saturated rings. The van der Waals surface area contributed by atoms with E-state index in [1.165, 1.54) is 45.1 Å². The number of rotatable bonds is 6. The van der Waals surface area contributed by atoms with Crippen molar-refractivity contribution in [1.29, 1.82) is 0 Å². The summed E-state index contributed by atoms with van der Waals surface area (Å²) in [6.45, 7) is 11.1. The third-order valence-corrected chi connectivity index (χ3v) is 5.68. The zero-order chi connectivity index (χ0) is 15.5. The second-order valence-corrected chi connectivity index (χ2v) is 8.45. The van der Waals surface area contributed by atoms with E-state index in [4.69, 9.17) is 0 Å². The van der Waals surface area contributed by atoms with Crippen molar-refractivity contribution >= 4 is 5.78 Å². The molecular weight excluding hydrogens is 258 g/mol. The van der Waals surface area contributed by atoms with Crippen LogP contribution in [0.5, 0.6) is 0 Å². The molecular formula is C19H35NO. The van der Waals surface area contributed by atoms with Gasteiger partial charge in [-0.3, -0.25) is 9.69 Å². The van der Waals surface area contributed by atoms with Gasteiger partial charge in [-0.25, -0.2) is 0 Å². The van der Waals surface area contributed by atoms with Crippen LogP contribution in [0.1, 0.15) is 79.1 Å². The van der Waals surface area contributed by atoms with Gasteiger partial charge in [0.05, 0.1) is 0 Å². The summed E-state index contributed by atoms with van der Waals surface area (Å²) in [6.07, 6.45) is 10.2. The van der Waals surface area contributed by atoms with Crippen molar-refractivity contribution in [1.82, 2.24) is 4.90 Å². The molecule has 2 saturated carbocycles. The maximum absolute atomic E-state index is 12.7. The van der Waals surface area contributed by atoms with Gasteiger partial charge in [-0.15, -0.1) is 0 Å². The maximum atomic E-state index is 12.7. The Labute approximate surface area is 131 Å². The Hall–Kier alpha value is -0.370. The van der Waals surface area contributed by atoms with Crippen molar-refractivity contribution in [2.24, 2.45) is 17.3 Å². The van der Waals surface area contributed by atoms with Gasteiger partial charge >= 0.3 is 0 Å². The minimum absolute atomic E-state index is 0.0810. The highest BCUT2D eigenvalue weighted by atomic mass is 16.1. The Balaban J connectivity index is 1.98. The van der Waals surface area contributed by atoms with E-state index in [0.29, 0.717) is 11.7 Å². The Morgan fingerprint density at radius 3 is 2.43 bits per heavy atom. The van der Waals surface area contributed by atoms with E-state index in [0.717, 1.165) is 31.3 Å². The monoisotopic (exact) mass is 293 g/mol. The summed E-state index contributed by atoms with van der Waals surface area (Å²) in [7, 11) is 0. The van der Waals surface area contributed by atoms with Gasteiger partial charge in [0.25, 0.3) is 0 Å². The average molecular weight is 293 g/mol. The predicted octanol–water partition coefficient (Wildman–Crippen LogP) is 4.67. The molecule has 0 aromatic rings. The van der Waals surface area contributed by atoms with Crippen LogP contribution in [0.2, 0.25) is 0 Å². The van der Waals surface area contributed by atoms with Gasteiger partial charge in [-0.2, -0.15) is 0 Å². The molecule has 1 unspecified atom stereocenters. The summed E-state index contributed by atoms with van der Waals surface area (Å²) >= 11 is 0. The van der Waals surface area contributed by atoms with Crippen molar-refractivity contribution < 1.29 is 4.79 Å². The van der Waals surface area contributed by atoms with Crippen LogP contribution in [0.4, 0.5) is 0 Å². The summed E-state index contributed by atoms with van der Waals surface area (Å²) in [5.41, 5.74) is -0.0810. The number of carbonyl (C=O) groups excluding carboxylic acids is 1. The molecule has 0 aromatic heterocycles. The second-order valence-electron chi connectivity index (χ2n) is 8.45. The van der Waals surface area contributed by atoms with Crippen molar-refractivity contribution in [3.63, 3.8) is 0 Å². The fourth-order valence-electron chi connectivity index (χ4n) is 4.17. The molecule has 0 radical (unpaired) electrons. The van der Waals surface area contributed by atoms with Crippen molar-refractivity contribution in [3.8, 4) is 0 Å². The van der Waals surface area contributed by atoms with Gasteiger partial charge in [0.2, 0.25) is 0 Å². The van der Waals surface area contributed by atoms with Crippen LogP contribution in [0.15, 0.2) is 0 Å². The van der Waals surface area contributed by atoms with Gasteiger partial charge in [0.15, 0.2) is 0 Å². The molecule has 2 nitrogen and oxygen atoms in total. The van der Waals surface area contributed by atoms with Gasteiger partial charge in [0.1, 0.15) is 5.78 Å². The van der Waals surface area contributed by atoms with Crippen LogP contribution in [-0.4, -0.2) is 29.8 Å². The second kappa shape index (κ2) is 7.26. The standard InChI is InChI=1S/C19H35NO/c1-15(2)11-13-20(17-9-5-6-10-17)14-16-8-7-12-19(3,4)18(16)21/h15-17H,5-14H2,1-4H3. The van der Waals surface area contributed by atoms with E-state index >= 15 is 0 Å². The lowest BCUT2D eigenvalue weighted by Crippen LogP contribution is -2.45. The minimum Gasteiger partial charge on any atom is -0.300 e. The zero-order valence-electron chi connectivity index (χ0n) is 14.7. The number of hydrogen-bond acceptors (Lipinski definition) is 2. The van der Waals surface area contributed by atoms with Gasteiger partial charge < -0.3 is 0 Å². The Bertz CT molecular complexity index is 341. The molecule has 2 rings (SSSR count). The summed E-state index contributed by atoms with van der Waals surface area (Å²) in [5.74, 6) is 1.58. The number of Topliss-reactive ketones (excluding diaryl/α,β-unsaturated/α-hetero) is 1. The quantitative estimate of drug-likeness (QED) is 0.709. The molecule has 1 atom stereocenters. The molecule has 2 aliphatic rings. The first-order chi connectivity index (χ1) is 9.90. The van der Waals surface area contributed by atoms with E-state index in [1.54, 1.807) is 0 Å². The third-order valence-electron chi connectivity index (χ3n) is 5.68. The number of ketones is 1. The molecule has 0 saturated heterocycles. The normalized spacial score (nSPS) is 27.0. The van der Waals surface area contributed by atoms with E-state index in [-0.39, 0.29) is 5.41 Å². The summed E-state index contributed by atoms with van der Waals surface area (Å²) < 4.78 is 0. The first-order valence-electron chi connectivity index (χ1n) is 9.18. The SMILES string of the molecule is CC(C)CCN(CC1CCCC(C)(C)C1=O)C1CCCC1. The van der Waals surface area contributed by atoms with Crippen molar-refractivity contribution in [2.45, 2.75) is 85.1 Å². The highest BCUT2D eigenvalue weighted by Crippen LogP contribution is 2.36. The van der Waals surface area contributed by atoms with E-state index < -0.39 is 0 Å². The number of carbonyl (C=O) groups is 1. The van der Waals surface area contributed by atoms with E-state index in [1.807, 2.05) is 0 Å². The number of hydrogen-bond donors (Lipinski definition) is 0. The van der Waals surface area contributed by atoms with Crippen LogP contribution in [0, 0.1) is 17.3 Å². The lowest BCUT2D eigenvalue weighted by atomic mass is 9.71. The summed E-state index contributed by atoms with van der Waals surface area (Å²) in [6, 6.07) is 0.751. The van der Waals surface area contributed by atoms with Crippen LogP contribution in [-0.2, 0) is 4.79 Å². The molecule has 0 amide bonds.